The van der Waals surface area contributed by atoms with Crippen molar-refractivity contribution >= 4 is 0 Å². The third-order valence-electron chi connectivity index (χ3n) is 3.65. The zero-order chi connectivity index (χ0) is 14.6. The Kier molecular flexibility index (Phi) is 5.10. The highest BCUT2D eigenvalue weighted by Gasteiger charge is 2.32. The summed E-state index contributed by atoms with van der Waals surface area (Å²) < 4.78 is 43.2. The second kappa shape index (κ2) is 6.63. The average Bonchev–Trinajstić information content (AvgIpc) is 2.88. The van der Waals surface area contributed by atoms with Crippen LogP contribution in [0.2, 0.25) is 0 Å². The van der Waals surface area contributed by atoms with E-state index in [1.54, 1.807) is 0 Å². The van der Waals surface area contributed by atoms with Crippen LogP contribution in [0.5, 0.6) is 0 Å². The molecule has 0 radical (unpaired) electrons. The van der Waals surface area contributed by atoms with E-state index in [0.717, 1.165) is 38.4 Å². The Morgan fingerprint density at radius 3 is 2.55 bits per heavy atom. The van der Waals surface area contributed by atoms with Crippen LogP contribution in [0.1, 0.15) is 37.3 Å². The van der Waals surface area contributed by atoms with Gasteiger partial charge < -0.3 is 9.73 Å². The Morgan fingerprint density at radius 2 is 2.00 bits per heavy atom. The number of hydrogen-bond acceptors (Lipinski definition) is 3. The minimum atomic E-state index is -4.12. The van der Waals surface area contributed by atoms with Crippen LogP contribution in [-0.2, 0) is 6.42 Å². The van der Waals surface area contributed by atoms with Gasteiger partial charge in [0.05, 0.1) is 6.04 Å². The van der Waals surface area contributed by atoms with E-state index >= 15 is 0 Å². The molecule has 0 bridgehead atoms. The van der Waals surface area contributed by atoms with Crippen molar-refractivity contribution in [2.24, 2.45) is 0 Å². The Hall–Kier alpha value is -1.01. The molecular weight excluding hydrogens is 269 g/mol. The molecule has 1 aliphatic rings. The molecule has 0 unspecified atom stereocenters. The van der Waals surface area contributed by atoms with Crippen molar-refractivity contribution in [2.45, 2.75) is 38.4 Å². The van der Waals surface area contributed by atoms with Gasteiger partial charge in [-0.25, -0.2) is 0 Å². The minimum absolute atomic E-state index is 0.0557. The first-order valence-corrected chi connectivity index (χ1v) is 7.09. The number of furan rings is 1. The molecule has 0 aromatic carbocycles. The Morgan fingerprint density at radius 1 is 1.30 bits per heavy atom. The average molecular weight is 290 g/mol. The van der Waals surface area contributed by atoms with E-state index in [4.69, 9.17) is 4.42 Å². The smallest absolute Gasteiger partial charge is 0.389 e. The van der Waals surface area contributed by atoms with E-state index in [0.29, 0.717) is 5.76 Å². The monoisotopic (exact) mass is 290 g/mol. The van der Waals surface area contributed by atoms with E-state index in [9.17, 15) is 13.2 Å². The van der Waals surface area contributed by atoms with Crippen LogP contribution in [0.4, 0.5) is 13.2 Å². The maximum absolute atomic E-state index is 12.5. The van der Waals surface area contributed by atoms with Crippen molar-refractivity contribution in [3.05, 3.63) is 23.7 Å². The molecule has 3 nitrogen and oxygen atoms in total. The van der Waals surface area contributed by atoms with E-state index < -0.39 is 12.6 Å². The van der Waals surface area contributed by atoms with E-state index in [2.05, 4.69) is 10.2 Å². The molecule has 1 aromatic rings. The van der Waals surface area contributed by atoms with Crippen molar-refractivity contribution in [3.8, 4) is 0 Å². The third kappa shape index (κ3) is 4.24. The molecular formula is C14H21F3N2O. The molecule has 114 valence electrons. The highest BCUT2D eigenvalue weighted by atomic mass is 19.4. The molecule has 1 fully saturated rings. The van der Waals surface area contributed by atoms with Crippen molar-refractivity contribution in [1.82, 2.24) is 10.2 Å². The second-order valence-corrected chi connectivity index (χ2v) is 5.11. The molecule has 1 N–H and O–H groups in total. The largest absolute Gasteiger partial charge is 0.464 e. The van der Waals surface area contributed by atoms with Crippen LogP contribution < -0.4 is 5.32 Å². The summed E-state index contributed by atoms with van der Waals surface area (Å²) in [6.07, 6.45) is -4.08. The zero-order valence-electron chi connectivity index (χ0n) is 11.7. The lowest BCUT2D eigenvalue weighted by atomic mass is 10.1. The van der Waals surface area contributed by atoms with Gasteiger partial charge in [-0.05, 0) is 18.6 Å². The molecule has 2 heterocycles. The molecule has 0 amide bonds. The summed E-state index contributed by atoms with van der Waals surface area (Å²) in [5, 5.41) is 3.22. The predicted octanol–water partition coefficient (Wildman–Crippen LogP) is 3.13. The van der Waals surface area contributed by atoms with Crippen molar-refractivity contribution in [2.75, 3.05) is 26.2 Å². The van der Waals surface area contributed by atoms with Gasteiger partial charge in [0, 0.05) is 39.0 Å². The SMILES string of the molecule is CCc1ccc([C@@H](CCC(F)(F)F)N2CCNCC2)o1. The summed E-state index contributed by atoms with van der Waals surface area (Å²) in [6, 6.07) is 3.40. The van der Waals surface area contributed by atoms with Crippen molar-refractivity contribution in [3.63, 3.8) is 0 Å². The van der Waals surface area contributed by atoms with Gasteiger partial charge in [0.15, 0.2) is 0 Å². The van der Waals surface area contributed by atoms with Crippen LogP contribution in [0.3, 0.4) is 0 Å². The molecule has 1 atom stereocenters. The van der Waals surface area contributed by atoms with E-state index in [1.807, 2.05) is 19.1 Å². The lowest BCUT2D eigenvalue weighted by molar-refractivity contribution is -0.139. The third-order valence-corrected chi connectivity index (χ3v) is 3.65. The van der Waals surface area contributed by atoms with Gasteiger partial charge >= 0.3 is 6.18 Å². The molecule has 1 aliphatic heterocycles. The molecule has 2 rings (SSSR count). The number of aryl methyl sites for hydroxylation is 1. The Balaban J connectivity index is 2.09. The fourth-order valence-electron chi connectivity index (χ4n) is 2.56. The number of nitrogens with zero attached hydrogens (tertiary/aromatic N) is 1. The fourth-order valence-corrected chi connectivity index (χ4v) is 2.56. The van der Waals surface area contributed by atoms with Crippen LogP contribution in [0, 0.1) is 0 Å². The number of hydrogen-bond donors (Lipinski definition) is 1. The normalized spacial score (nSPS) is 19.2. The van der Waals surface area contributed by atoms with Gasteiger partial charge in [-0.1, -0.05) is 6.92 Å². The van der Waals surface area contributed by atoms with Gasteiger partial charge in [0.2, 0.25) is 0 Å². The maximum atomic E-state index is 12.5. The lowest BCUT2D eigenvalue weighted by Crippen LogP contribution is -2.45. The number of piperazine rings is 1. The molecule has 6 heteroatoms. The number of rotatable bonds is 5. The highest BCUT2D eigenvalue weighted by Crippen LogP contribution is 2.32. The first kappa shape index (κ1) is 15.4. The van der Waals surface area contributed by atoms with Crippen LogP contribution in [-0.4, -0.2) is 37.3 Å². The molecule has 0 aliphatic carbocycles. The lowest BCUT2D eigenvalue weighted by Gasteiger charge is -2.34. The van der Waals surface area contributed by atoms with Crippen molar-refractivity contribution in [1.29, 1.82) is 0 Å². The van der Waals surface area contributed by atoms with E-state index in [1.165, 1.54) is 0 Å². The summed E-state index contributed by atoms with van der Waals surface area (Å²) >= 11 is 0. The first-order valence-electron chi connectivity index (χ1n) is 7.09. The van der Waals surface area contributed by atoms with Gasteiger partial charge in [-0.15, -0.1) is 0 Å². The van der Waals surface area contributed by atoms with Crippen molar-refractivity contribution < 1.29 is 17.6 Å². The molecule has 1 aromatic heterocycles. The summed E-state index contributed by atoms with van der Waals surface area (Å²) in [5.41, 5.74) is 0. The molecule has 0 saturated carbocycles. The summed E-state index contributed by atoms with van der Waals surface area (Å²) in [7, 11) is 0. The minimum Gasteiger partial charge on any atom is -0.464 e. The number of alkyl halides is 3. The molecule has 20 heavy (non-hydrogen) atoms. The van der Waals surface area contributed by atoms with Gasteiger partial charge in [0.1, 0.15) is 11.5 Å². The summed E-state index contributed by atoms with van der Waals surface area (Å²) in [4.78, 5) is 2.08. The summed E-state index contributed by atoms with van der Waals surface area (Å²) in [6.45, 7) is 5.10. The summed E-state index contributed by atoms with van der Waals surface area (Å²) in [5.74, 6) is 1.49. The molecule has 1 saturated heterocycles. The Bertz CT molecular complexity index is 411. The maximum Gasteiger partial charge on any atom is 0.389 e. The standard InChI is InChI=1S/C14H21F3N2O/c1-2-11-3-4-13(20-11)12(5-6-14(15,16)17)19-9-7-18-8-10-19/h3-4,12,18H,2,5-10H2,1H3/t12-/m1/s1. The van der Waals surface area contributed by atoms with Gasteiger partial charge in [-0.3, -0.25) is 4.90 Å². The van der Waals surface area contributed by atoms with Crippen LogP contribution in [0.25, 0.3) is 0 Å². The Labute approximate surface area is 117 Å². The van der Waals surface area contributed by atoms with Crippen LogP contribution >= 0.6 is 0 Å². The fraction of sp³-hybridized carbons (Fsp3) is 0.714. The predicted molar refractivity (Wildman–Crippen MR) is 70.6 cm³/mol. The molecule has 0 spiro atoms. The number of halogens is 3. The van der Waals surface area contributed by atoms with E-state index in [-0.39, 0.29) is 12.5 Å². The van der Waals surface area contributed by atoms with Gasteiger partial charge in [0.25, 0.3) is 0 Å². The first-order chi connectivity index (χ1) is 9.49. The highest BCUT2D eigenvalue weighted by molar-refractivity contribution is 5.11. The van der Waals surface area contributed by atoms with Gasteiger partial charge in [-0.2, -0.15) is 13.2 Å². The van der Waals surface area contributed by atoms with Crippen LogP contribution in [0.15, 0.2) is 16.5 Å². The topological polar surface area (TPSA) is 28.4 Å². The quantitative estimate of drug-likeness (QED) is 0.903. The second-order valence-electron chi connectivity index (χ2n) is 5.11. The zero-order valence-corrected chi connectivity index (χ0v) is 11.7. The number of nitrogens with one attached hydrogen (secondary N) is 1.